The number of phenolic OH excluding ortho intramolecular Hbond substituents is 1. The van der Waals surface area contributed by atoms with Crippen molar-refractivity contribution in [2.45, 2.75) is 67.7 Å². The number of aromatic hydroxyl groups is 1. The first-order chi connectivity index (χ1) is 17.2. The van der Waals surface area contributed by atoms with E-state index in [0.29, 0.717) is 48.0 Å². The largest absolute Gasteiger partial charge is 0.504 e. The number of aliphatic hydroxyl groups is 1. The zero-order valence-electron chi connectivity index (χ0n) is 20.1. The number of rotatable bonds is 5. The number of ether oxygens (including phenoxy) is 1. The van der Waals surface area contributed by atoms with Gasteiger partial charge in [0.2, 0.25) is 5.91 Å². The van der Waals surface area contributed by atoms with Gasteiger partial charge < -0.3 is 20.3 Å². The highest BCUT2D eigenvalue weighted by Gasteiger charge is 2.73. The summed E-state index contributed by atoms with van der Waals surface area (Å²) in [6.07, 6.45) is 3.89. The van der Waals surface area contributed by atoms with Gasteiger partial charge in [-0.2, -0.15) is 0 Å². The predicted octanol–water partition coefficient (Wildman–Crippen LogP) is 4.33. The summed E-state index contributed by atoms with van der Waals surface area (Å²) in [6, 6.07) is 8.48. The van der Waals surface area contributed by atoms with E-state index in [1.807, 2.05) is 25.1 Å². The number of likely N-dealkylation sites (tertiary alicyclic amines) is 1. The van der Waals surface area contributed by atoms with E-state index in [4.69, 9.17) is 27.9 Å². The Bertz CT molecular complexity index is 1270. The molecule has 0 radical (unpaired) electrons. The van der Waals surface area contributed by atoms with Crippen LogP contribution in [0.25, 0.3) is 0 Å². The molecule has 6 rings (SSSR count). The fourth-order valence-electron chi connectivity index (χ4n) is 7.40. The van der Waals surface area contributed by atoms with Gasteiger partial charge in [-0.25, -0.2) is 0 Å². The zero-order valence-corrected chi connectivity index (χ0v) is 21.6. The SMILES string of the molecule is C=CCN1CC[C@]23c4c5ccc(O)c4OC2C(NC(=O)C(C)c2ccc(Cl)c(Cl)c2)CC[C@@]3(O)[C@H]1C5. The summed E-state index contributed by atoms with van der Waals surface area (Å²) in [6.45, 7) is 7.25. The van der Waals surface area contributed by atoms with Crippen LogP contribution in [0.4, 0.5) is 0 Å². The van der Waals surface area contributed by atoms with Crippen molar-refractivity contribution < 1.29 is 19.7 Å². The minimum atomic E-state index is -1.03. The molecule has 1 saturated carbocycles. The number of carbonyl (C=O) groups is 1. The molecule has 2 bridgehead atoms. The van der Waals surface area contributed by atoms with Crippen molar-refractivity contribution in [3.63, 3.8) is 0 Å². The molecule has 2 aromatic carbocycles. The van der Waals surface area contributed by atoms with E-state index >= 15 is 0 Å². The molecule has 3 unspecified atom stereocenters. The van der Waals surface area contributed by atoms with Crippen LogP contribution < -0.4 is 10.1 Å². The minimum Gasteiger partial charge on any atom is -0.504 e. The van der Waals surface area contributed by atoms with Gasteiger partial charge in [-0.1, -0.05) is 41.4 Å². The van der Waals surface area contributed by atoms with Gasteiger partial charge in [0.15, 0.2) is 11.5 Å². The van der Waals surface area contributed by atoms with Crippen LogP contribution in [0.15, 0.2) is 43.0 Å². The molecular formula is C28H30Cl2N2O4. The Morgan fingerprint density at radius 3 is 2.86 bits per heavy atom. The molecule has 1 saturated heterocycles. The molecule has 2 aliphatic heterocycles. The third-order valence-electron chi connectivity index (χ3n) is 9.10. The fourth-order valence-corrected chi connectivity index (χ4v) is 7.71. The van der Waals surface area contributed by atoms with Crippen molar-refractivity contribution in [2.24, 2.45) is 0 Å². The second-order valence-corrected chi connectivity index (χ2v) is 11.5. The van der Waals surface area contributed by atoms with Crippen LogP contribution in [-0.2, 0) is 16.6 Å². The van der Waals surface area contributed by atoms with Crippen LogP contribution in [0.5, 0.6) is 11.5 Å². The van der Waals surface area contributed by atoms with Crippen molar-refractivity contribution in [1.29, 1.82) is 0 Å². The normalized spacial score (nSPS) is 32.8. The number of hydrogen-bond acceptors (Lipinski definition) is 5. The van der Waals surface area contributed by atoms with Crippen molar-refractivity contribution in [3.8, 4) is 11.5 Å². The molecule has 1 spiro atoms. The van der Waals surface area contributed by atoms with Gasteiger partial charge in [0.25, 0.3) is 0 Å². The molecule has 0 aromatic heterocycles. The molecule has 1 amide bonds. The Morgan fingerprint density at radius 2 is 2.11 bits per heavy atom. The number of amides is 1. The first-order valence-electron chi connectivity index (χ1n) is 12.6. The van der Waals surface area contributed by atoms with Crippen molar-refractivity contribution in [2.75, 3.05) is 13.1 Å². The number of nitrogens with zero attached hydrogens (tertiary/aromatic N) is 1. The van der Waals surface area contributed by atoms with E-state index in [0.717, 1.165) is 23.2 Å². The van der Waals surface area contributed by atoms with Crippen LogP contribution in [0.3, 0.4) is 0 Å². The maximum absolute atomic E-state index is 13.4. The number of nitrogens with one attached hydrogen (secondary N) is 1. The predicted molar refractivity (Wildman–Crippen MR) is 139 cm³/mol. The Labute approximate surface area is 220 Å². The molecular weight excluding hydrogens is 499 g/mol. The quantitative estimate of drug-likeness (QED) is 0.503. The van der Waals surface area contributed by atoms with Crippen LogP contribution in [0, 0.1) is 0 Å². The van der Waals surface area contributed by atoms with Gasteiger partial charge >= 0.3 is 0 Å². The number of phenols is 1. The van der Waals surface area contributed by atoms with Gasteiger partial charge in [-0.15, -0.1) is 6.58 Å². The second kappa shape index (κ2) is 8.38. The number of piperidine rings is 1. The first kappa shape index (κ1) is 24.1. The lowest BCUT2D eigenvalue weighted by molar-refractivity contribution is -0.190. The van der Waals surface area contributed by atoms with E-state index in [2.05, 4.69) is 16.8 Å². The third-order valence-corrected chi connectivity index (χ3v) is 9.84. The summed E-state index contributed by atoms with van der Waals surface area (Å²) in [5.74, 6) is -0.0358. The molecule has 36 heavy (non-hydrogen) atoms. The highest BCUT2D eigenvalue weighted by atomic mass is 35.5. The summed E-state index contributed by atoms with van der Waals surface area (Å²) in [5, 5.41) is 27.2. The van der Waals surface area contributed by atoms with Crippen LogP contribution in [-0.4, -0.2) is 57.9 Å². The summed E-state index contributed by atoms with van der Waals surface area (Å²) in [4.78, 5) is 15.7. The number of hydrogen-bond donors (Lipinski definition) is 3. The molecule has 2 heterocycles. The maximum atomic E-state index is 13.4. The average molecular weight is 529 g/mol. The van der Waals surface area contributed by atoms with E-state index in [1.165, 1.54) is 0 Å². The molecule has 2 fully saturated rings. The van der Waals surface area contributed by atoms with E-state index < -0.39 is 23.0 Å². The third kappa shape index (κ3) is 3.14. The molecule has 4 aliphatic rings. The highest BCUT2D eigenvalue weighted by molar-refractivity contribution is 6.42. The molecule has 3 N–H and O–H groups in total. The van der Waals surface area contributed by atoms with Gasteiger partial charge in [0.05, 0.1) is 33.0 Å². The average Bonchev–Trinajstić information content (AvgIpc) is 3.21. The Hall–Kier alpha value is -2.25. The monoisotopic (exact) mass is 528 g/mol. The lowest BCUT2D eigenvalue weighted by Gasteiger charge is -2.64. The smallest absolute Gasteiger partial charge is 0.227 e. The van der Waals surface area contributed by atoms with Crippen LogP contribution in [0.2, 0.25) is 10.0 Å². The van der Waals surface area contributed by atoms with Gasteiger partial charge in [0.1, 0.15) is 6.10 Å². The Balaban J connectivity index is 1.37. The lowest BCUT2D eigenvalue weighted by Crippen LogP contribution is -2.78. The van der Waals surface area contributed by atoms with Gasteiger partial charge in [-0.05, 0) is 68.5 Å². The fraction of sp³-hybridized carbons (Fsp3) is 0.464. The van der Waals surface area contributed by atoms with E-state index in [-0.39, 0.29) is 23.7 Å². The summed E-state index contributed by atoms with van der Waals surface area (Å²) in [5.41, 5.74) is 1.09. The zero-order chi connectivity index (χ0) is 25.4. The molecule has 6 nitrogen and oxygen atoms in total. The summed E-state index contributed by atoms with van der Waals surface area (Å²) in [7, 11) is 0. The molecule has 6 atom stereocenters. The topological polar surface area (TPSA) is 82.0 Å². The van der Waals surface area contributed by atoms with Crippen molar-refractivity contribution in [3.05, 3.63) is 69.7 Å². The first-order valence-corrected chi connectivity index (χ1v) is 13.3. The maximum Gasteiger partial charge on any atom is 0.227 e. The van der Waals surface area contributed by atoms with Crippen molar-refractivity contribution >= 4 is 29.1 Å². The molecule has 2 aromatic rings. The van der Waals surface area contributed by atoms with Gasteiger partial charge in [-0.3, -0.25) is 9.69 Å². The minimum absolute atomic E-state index is 0.0786. The number of benzene rings is 2. The van der Waals surface area contributed by atoms with Crippen LogP contribution in [0.1, 0.15) is 48.8 Å². The van der Waals surface area contributed by atoms with Crippen LogP contribution >= 0.6 is 23.2 Å². The lowest BCUT2D eigenvalue weighted by atomic mass is 9.48. The Morgan fingerprint density at radius 1 is 1.31 bits per heavy atom. The summed E-state index contributed by atoms with van der Waals surface area (Å²) >= 11 is 12.3. The standard InChI is InChI=1S/C28H30Cl2N2O4/c1-3-11-32-12-10-27-23-17-5-7-21(33)24(23)36-25(27)20(8-9-28(27,35)22(32)14-17)31-26(34)15(2)16-4-6-18(29)19(30)13-16/h3-7,13,15,20,22,25,33,35H,1,8-12,14H2,2H3,(H,31,34)/t15?,20?,22-,25?,27+,28-/m1/s1. The summed E-state index contributed by atoms with van der Waals surface area (Å²) < 4.78 is 6.50. The number of halogens is 2. The van der Waals surface area contributed by atoms with E-state index in [9.17, 15) is 15.0 Å². The molecule has 2 aliphatic carbocycles. The van der Waals surface area contributed by atoms with Crippen molar-refractivity contribution in [1.82, 2.24) is 10.2 Å². The molecule has 190 valence electrons. The highest BCUT2D eigenvalue weighted by Crippen LogP contribution is 2.65. The van der Waals surface area contributed by atoms with Gasteiger partial charge in [0, 0.05) is 18.2 Å². The Kier molecular flexibility index (Phi) is 5.61. The molecule has 8 heteroatoms. The van der Waals surface area contributed by atoms with E-state index in [1.54, 1.807) is 18.2 Å². The number of carbonyl (C=O) groups excluding carboxylic acids is 1. The second-order valence-electron chi connectivity index (χ2n) is 10.7.